The molecule has 0 spiro atoms. The van der Waals surface area contributed by atoms with Gasteiger partial charge in [-0.25, -0.2) is 4.98 Å². The summed E-state index contributed by atoms with van der Waals surface area (Å²) in [6.45, 7) is 3.53. The second-order valence-corrected chi connectivity index (χ2v) is 7.47. The maximum atomic E-state index is 12.6. The van der Waals surface area contributed by atoms with E-state index < -0.39 is 0 Å². The number of amides is 1. The zero-order valence-corrected chi connectivity index (χ0v) is 17.2. The Labute approximate surface area is 176 Å². The Morgan fingerprint density at radius 1 is 1.07 bits per heavy atom. The first-order chi connectivity index (χ1) is 14.6. The monoisotopic (exact) mass is 403 g/mol. The van der Waals surface area contributed by atoms with Crippen LogP contribution >= 0.6 is 0 Å². The van der Waals surface area contributed by atoms with Gasteiger partial charge in [-0.05, 0) is 73.9 Å². The lowest BCUT2D eigenvalue weighted by atomic mass is 9.96. The molecule has 2 aromatic heterocycles. The van der Waals surface area contributed by atoms with Crippen molar-refractivity contribution in [2.75, 3.05) is 30.4 Å². The molecule has 3 aromatic rings. The molecule has 7 heteroatoms. The maximum absolute atomic E-state index is 12.6. The topological polar surface area (TPSA) is 80.2 Å². The molecule has 7 nitrogen and oxygen atoms in total. The Morgan fingerprint density at radius 2 is 1.83 bits per heavy atom. The number of hydrogen-bond donors (Lipinski definition) is 1. The van der Waals surface area contributed by atoms with Gasteiger partial charge >= 0.3 is 0 Å². The van der Waals surface area contributed by atoms with E-state index in [2.05, 4.69) is 25.4 Å². The third kappa shape index (κ3) is 4.56. The van der Waals surface area contributed by atoms with Crippen LogP contribution in [0.1, 0.15) is 18.4 Å². The van der Waals surface area contributed by atoms with Crippen molar-refractivity contribution in [1.29, 1.82) is 0 Å². The van der Waals surface area contributed by atoms with E-state index in [4.69, 9.17) is 4.74 Å². The van der Waals surface area contributed by atoms with Gasteiger partial charge in [0.2, 0.25) is 5.91 Å². The number of piperidine rings is 1. The molecule has 0 atom stereocenters. The van der Waals surface area contributed by atoms with Crippen LogP contribution in [0.25, 0.3) is 11.3 Å². The van der Waals surface area contributed by atoms with Gasteiger partial charge in [0.15, 0.2) is 5.82 Å². The molecule has 0 saturated carbocycles. The molecule has 0 bridgehead atoms. The first-order valence-corrected chi connectivity index (χ1v) is 10.1. The highest BCUT2D eigenvalue weighted by molar-refractivity contribution is 5.91. The van der Waals surface area contributed by atoms with Gasteiger partial charge < -0.3 is 15.0 Å². The normalized spacial score (nSPS) is 14.4. The van der Waals surface area contributed by atoms with Gasteiger partial charge in [-0.1, -0.05) is 0 Å². The van der Waals surface area contributed by atoms with Crippen LogP contribution in [0.2, 0.25) is 0 Å². The first-order valence-electron chi connectivity index (χ1n) is 10.1. The minimum atomic E-state index is -0.0184. The van der Waals surface area contributed by atoms with Crippen molar-refractivity contribution in [3.63, 3.8) is 0 Å². The van der Waals surface area contributed by atoms with Gasteiger partial charge in [0, 0.05) is 30.8 Å². The van der Waals surface area contributed by atoms with Gasteiger partial charge in [-0.3, -0.25) is 4.79 Å². The molecular formula is C23H25N5O2. The maximum Gasteiger partial charge on any atom is 0.228 e. The highest BCUT2D eigenvalue weighted by atomic mass is 16.5. The van der Waals surface area contributed by atoms with Crippen LogP contribution in [0.15, 0.2) is 54.7 Å². The number of pyridine rings is 1. The highest BCUT2D eigenvalue weighted by Crippen LogP contribution is 2.25. The van der Waals surface area contributed by atoms with Crippen LogP contribution < -0.4 is 15.0 Å². The van der Waals surface area contributed by atoms with Gasteiger partial charge in [0.1, 0.15) is 11.6 Å². The Kier molecular flexibility index (Phi) is 5.88. The molecule has 0 aliphatic carbocycles. The Hall–Kier alpha value is -3.48. The summed E-state index contributed by atoms with van der Waals surface area (Å²) in [5.41, 5.74) is 2.89. The lowest BCUT2D eigenvalue weighted by molar-refractivity contribution is -0.120. The summed E-state index contributed by atoms with van der Waals surface area (Å²) in [6.07, 6.45) is 3.26. The van der Waals surface area contributed by atoms with Gasteiger partial charge in [0.25, 0.3) is 0 Å². The zero-order valence-electron chi connectivity index (χ0n) is 17.2. The van der Waals surface area contributed by atoms with Crippen molar-refractivity contribution < 1.29 is 9.53 Å². The Morgan fingerprint density at radius 3 is 2.47 bits per heavy atom. The van der Waals surface area contributed by atoms with Crippen molar-refractivity contribution in [2.24, 2.45) is 5.92 Å². The highest BCUT2D eigenvalue weighted by Gasteiger charge is 2.26. The molecule has 1 N–H and O–H groups in total. The number of aryl methyl sites for hydroxylation is 1. The summed E-state index contributed by atoms with van der Waals surface area (Å²) in [5, 5.41) is 11.7. The summed E-state index contributed by atoms with van der Waals surface area (Å²) in [7, 11) is 1.65. The lowest BCUT2D eigenvalue weighted by Gasteiger charge is -2.31. The van der Waals surface area contributed by atoms with Crippen LogP contribution in [-0.4, -0.2) is 41.3 Å². The van der Waals surface area contributed by atoms with E-state index in [0.717, 1.165) is 54.3 Å². The van der Waals surface area contributed by atoms with E-state index in [1.165, 1.54) is 0 Å². The molecule has 30 heavy (non-hydrogen) atoms. The van der Waals surface area contributed by atoms with Gasteiger partial charge in [-0.2, -0.15) is 0 Å². The third-order valence-electron chi connectivity index (χ3n) is 5.39. The summed E-state index contributed by atoms with van der Waals surface area (Å²) >= 11 is 0. The van der Waals surface area contributed by atoms with Crippen molar-refractivity contribution in [1.82, 2.24) is 15.2 Å². The SMILES string of the molecule is COc1ccc(-c2ccc(N3CCC(C(=O)Nc4cc(C)ccn4)CC3)nn2)cc1. The second kappa shape index (κ2) is 8.90. The number of carbonyl (C=O) groups is 1. The van der Waals surface area contributed by atoms with Crippen molar-refractivity contribution in [2.45, 2.75) is 19.8 Å². The molecule has 0 radical (unpaired) electrons. The number of rotatable bonds is 5. The van der Waals surface area contributed by atoms with Crippen molar-refractivity contribution in [3.05, 3.63) is 60.3 Å². The van der Waals surface area contributed by atoms with Gasteiger partial charge in [0.05, 0.1) is 12.8 Å². The lowest BCUT2D eigenvalue weighted by Crippen LogP contribution is -2.38. The molecule has 0 unspecified atom stereocenters. The second-order valence-electron chi connectivity index (χ2n) is 7.47. The summed E-state index contributed by atoms with van der Waals surface area (Å²) in [5.74, 6) is 2.28. The summed E-state index contributed by atoms with van der Waals surface area (Å²) < 4.78 is 5.19. The molecule has 3 heterocycles. The average Bonchev–Trinajstić information content (AvgIpc) is 2.79. The van der Waals surface area contributed by atoms with Gasteiger partial charge in [-0.15, -0.1) is 10.2 Å². The molecule has 1 aliphatic rings. The van der Waals surface area contributed by atoms with E-state index in [0.29, 0.717) is 5.82 Å². The van der Waals surface area contributed by atoms with E-state index >= 15 is 0 Å². The minimum Gasteiger partial charge on any atom is -0.497 e. The number of nitrogens with zero attached hydrogens (tertiary/aromatic N) is 4. The predicted molar refractivity (Wildman–Crippen MR) is 117 cm³/mol. The smallest absolute Gasteiger partial charge is 0.228 e. The molecule has 1 fully saturated rings. The molecule has 154 valence electrons. The molecule has 1 saturated heterocycles. The number of methoxy groups -OCH3 is 1. The fourth-order valence-electron chi connectivity index (χ4n) is 3.61. The third-order valence-corrected chi connectivity index (χ3v) is 5.39. The molecule has 1 aliphatic heterocycles. The summed E-state index contributed by atoms with van der Waals surface area (Å²) in [4.78, 5) is 19.0. The Balaban J connectivity index is 1.34. The van der Waals surface area contributed by atoms with Crippen LogP contribution in [0, 0.1) is 12.8 Å². The van der Waals surface area contributed by atoms with Crippen LogP contribution in [-0.2, 0) is 4.79 Å². The molecular weight excluding hydrogens is 378 g/mol. The van der Waals surface area contributed by atoms with Crippen molar-refractivity contribution in [3.8, 4) is 17.0 Å². The number of anilines is 2. The number of benzene rings is 1. The van der Waals surface area contributed by atoms with Crippen LogP contribution in [0.3, 0.4) is 0 Å². The molecule has 1 aromatic carbocycles. The number of hydrogen-bond acceptors (Lipinski definition) is 6. The predicted octanol–water partition coefficient (Wildman–Crippen LogP) is 3.71. The van der Waals surface area contributed by atoms with E-state index in [9.17, 15) is 4.79 Å². The van der Waals surface area contributed by atoms with Crippen LogP contribution in [0.5, 0.6) is 5.75 Å². The zero-order chi connectivity index (χ0) is 20.9. The number of nitrogens with one attached hydrogen (secondary N) is 1. The fourth-order valence-corrected chi connectivity index (χ4v) is 3.61. The van der Waals surface area contributed by atoms with Crippen LogP contribution in [0.4, 0.5) is 11.6 Å². The molecule has 1 amide bonds. The van der Waals surface area contributed by atoms with Crippen molar-refractivity contribution >= 4 is 17.5 Å². The van der Waals surface area contributed by atoms with E-state index in [1.54, 1.807) is 13.3 Å². The fraction of sp³-hybridized carbons (Fsp3) is 0.304. The number of aromatic nitrogens is 3. The molecule has 4 rings (SSSR count). The minimum absolute atomic E-state index is 0.0184. The number of ether oxygens (including phenoxy) is 1. The number of carbonyl (C=O) groups excluding carboxylic acids is 1. The van der Waals surface area contributed by atoms with E-state index in [-0.39, 0.29) is 11.8 Å². The van der Waals surface area contributed by atoms with E-state index in [1.807, 2.05) is 55.5 Å². The first kappa shape index (κ1) is 19.8. The Bertz CT molecular complexity index is 997. The standard InChI is InChI=1S/C23H25N5O2/c1-16-9-12-24-21(15-16)25-23(29)18-10-13-28(14-11-18)22-8-7-20(26-27-22)17-3-5-19(30-2)6-4-17/h3-9,12,15,18H,10-11,13-14H2,1-2H3,(H,24,25,29). The average molecular weight is 403 g/mol. The quantitative estimate of drug-likeness (QED) is 0.700. The largest absolute Gasteiger partial charge is 0.497 e. The summed E-state index contributed by atoms with van der Waals surface area (Å²) in [6, 6.07) is 15.5.